The number of aryl methyl sites for hydroxylation is 2. The van der Waals surface area contributed by atoms with E-state index < -0.39 is 11.6 Å². The summed E-state index contributed by atoms with van der Waals surface area (Å²) in [5.74, 6) is -2.22. The molecule has 19 heavy (non-hydrogen) atoms. The minimum absolute atomic E-state index is 0.244. The first-order chi connectivity index (χ1) is 9.01. The Balaban J connectivity index is 2.18. The second-order valence-corrected chi connectivity index (χ2v) is 5.38. The van der Waals surface area contributed by atoms with E-state index in [1.165, 1.54) is 17.4 Å². The Kier molecular flexibility index (Phi) is 3.95. The number of rotatable bonds is 3. The van der Waals surface area contributed by atoms with Crippen LogP contribution in [-0.2, 0) is 6.42 Å². The van der Waals surface area contributed by atoms with Crippen molar-refractivity contribution in [2.24, 2.45) is 0 Å². The number of nitrogens with one attached hydrogen (secondary N) is 1. The SMILES string of the molecule is CCc1cc(C(=O)Nc2ccc(F)c(F)c2)sc1C. The molecular weight excluding hydrogens is 268 g/mol. The van der Waals surface area contributed by atoms with E-state index in [-0.39, 0.29) is 11.6 Å². The molecule has 0 aliphatic carbocycles. The van der Waals surface area contributed by atoms with Crippen LogP contribution in [0.25, 0.3) is 0 Å². The molecule has 0 atom stereocenters. The molecule has 1 amide bonds. The first kappa shape index (κ1) is 13.7. The van der Waals surface area contributed by atoms with Crippen molar-refractivity contribution in [2.45, 2.75) is 20.3 Å². The Bertz CT molecular complexity index is 622. The van der Waals surface area contributed by atoms with E-state index in [1.807, 2.05) is 19.9 Å². The van der Waals surface area contributed by atoms with Crippen LogP contribution < -0.4 is 5.32 Å². The molecule has 2 aromatic rings. The molecule has 0 radical (unpaired) electrons. The highest BCUT2D eigenvalue weighted by Gasteiger charge is 2.12. The van der Waals surface area contributed by atoms with Gasteiger partial charge in [-0.3, -0.25) is 4.79 Å². The highest BCUT2D eigenvalue weighted by Crippen LogP contribution is 2.23. The number of halogens is 2. The van der Waals surface area contributed by atoms with Gasteiger partial charge in [0.15, 0.2) is 11.6 Å². The van der Waals surface area contributed by atoms with Crippen LogP contribution in [0, 0.1) is 18.6 Å². The van der Waals surface area contributed by atoms with Crippen LogP contribution in [0.2, 0.25) is 0 Å². The van der Waals surface area contributed by atoms with E-state index >= 15 is 0 Å². The summed E-state index contributed by atoms with van der Waals surface area (Å²) in [5.41, 5.74) is 1.37. The zero-order valence-electron chi connectivity index (χ0n) is 10.6. The maximum Gasteiger partial charge on any atom is 0.265 e. The molecule has 0 bridgehead atoms. The van der Waals surface area contributed by atoms with E-state index in [4.69, 9.17) is 0 Å². The molecule has 1 N–H and O–H groups in total. The topological polar surface area (TPSA) is 29.1 Å². The zero-order chi connectivity index (χ0) is 14.0. The molecule has 0 aliphatic heterocycles. The fourth-order valence-corrected chi connectivity index (χ4v) is 2.76. The zero-order valence-corrected chi connectivity index (χ0v) is 11.4. The second kappa shape index (κ2) is 5.48. The molecular formula is C14H13F2NOS. The van der Waals surface area contributed by atoms with Gasteiger partial charge in [0.1, 0.15) is 0 Å². The highest BCUT2D eigenvalue weighted by atomic mass is 32.1. The molecule has 0 spiro atoms. The maximum atomic E-state index is 13.0. The van der Waals surface area contributed by atoms with Crippen LogP contribution in [0.15, 0.2) is 24.3 Å². The molecule has 5 heteroatoms. The number of carbonyl (C=O) groups is 1. The van der Waals surface area contributed by atoms with Crippen molar-refractivity contribution < 1.29 is 13.6 Å². The summed E-state index contributed by atoms with van der Waals surface area (Å²) in [6.45, 7) is 3.98. The van der Waals surface area contributed by atoms with E-state index in [1.54, 1.807) is 0 Å². The Morgan fingerprint density at radius 1 is 1.26 bits per heavy atom. The van der Waals surface area contributed by atoms with Gasteiger partial charge in [-0.2, -0.15) is 0 Å². The average Bonchev–Trinajstić information content (AvgIpc) is 2.75. The number of hydrogen-bond donors (Lipinski definition) is 1. The molecule has 0 fully saturated rings. The van der Waals surface area contributed by atoms with Crippen molar-refractivity contribution in [1.29, 1.82) is 0 Å². The molecule has 0 aliphatic rings. The maximum absolute atomic E-state index is 13.0. The number of benzene rings is 1. The van der Waals surface area contributed by atoms with Gasteiger partial charge < -0.3 is 5.32 Å². The third-order valence-electron chi connectivity index (χ3n) is 2.80. The largest absolute Gasteiger partial charge is 0.321 e. The monoisotopic (exact) mass is 281 g/mol. The second-order valence-electron chi connectivity index (χ2n) is 4.13. The van der Waals surface area contributed by atoms with Gasteiger partial charge in [0.25, 0.3) is 5.91 Å². The van der Waals surface area contributed by atoms with E-state index in [0.717, 1.165) is 29.0 Å². The van der Waals surface area contributed by atoms with Gasteiger partial charge in [0.2, 0.25) is 0 Å². The fourth-order valence-electron chi connectivity index (χ4n) is 1.75. The summed E-state index contributed by atoms with van der Waals surface area (Å²) < 4.78 is 25.8. The minimum Gasteiger partial charge on any atom is -0.321 e. The molecule has 0 saturated carbocycles. The fraction of sp³-hybridized carbons (Fsp3) is 0.214. The van der Waals surface area contributed by atoms with Gasteiger partial charge in [0, 0.05) is 16.6 Å². The van der Waals surface area contributed by atoms with Crippen molar-refractivity contribution in [2.75, 3.05) is 5.32 Å². The number of carbonyl (C=O) groups excluding carboxylic acids is 1. The molecule has 1 aromatic carbocycles. The summed E-state index contributed by atoms with van der Waals surface area (Å²) in [6.07, 6.45) is 0.862. The Morgan fingerprint density at radius 3 is 2.58 bits per heavy atom. The Hall–Kier alpha value is -1.75. The third-order valence-corrected chi connectivity index (χ3v) is 3.89. The van der Waals surface area contributed by atoms with Gasteiger partial charge in [-0.05, 0) is 37.1 Å². The molecule has 0 unspecified atom stereocenters. The third kappa shape index (κ3) is 2.98. The predicted octanol–water partition coefficient (Wildman–Crippen LogP) is 4.15. The van der Waals surface area contributed by atoms with Gasteiger partial charge in [-0.15, -0.1) is 11.3 Å². The highest BCUT2D eigenvalue weighted by molar-refractivity contribution is 7.14. The predicted molar refractivity (Wildman–Crippen MR) is 72.7 cm³/mol. The lowest BCUT2D eigenvalue weighted by Gasteiger charge is -2.03. The van der Waals surface area contributed by atoms with Crippen LogP contribution in [-0.4, -0.2) is 5.91 Å². The standard InChI is InChI=1S/C14H13F2NOS/c1-3-9-6-13(19-8(9)2)14(18)17-10-4-5-11(15)12(16)7-10/h4-7H,3H2,1-2H3,(H,17,18). The summed E-state index contributed by atoms with van der Waals surface area (Å²) in [6, 6.07) is 5.11. The van der Waals surface area contributed by atoms with Crippen LogP contribution in [0.5, 0.6) is 0 Å². The average molecular weight is 281 g/mol. The summed E-state index contributed by atoms with van der Waals surface area (Å²) >= 11 is 1.39. The van der Waals surface area contributed by atoms with E-state index in [2.05, 4.69) is 5.32 Å². The van der Waals surface area contributed by atoms with E-state index in [0.29, 0.717) is 4.88 Å². The van der Waals surface area contributed by atoms with Gasteiger partial charge in [0.05, 0.1) is 4.88 Å². The van der Waals surface area contributed by atoms with Crippen molar-refractivity contribution in [3.05, 3.63) is 51.2 Å². The lowest BCUT2D eigenvalue weighted by Crippen LogP contribution is -2.10. The minimum atomic E-state index is -0.977. The Morgan fingerprint density at radius 2 is 2.00 bits per heavy atom. The molecule has 100 valence electrons. The van der Waals surface area contributed by atoms with Crippen molar-refractivity contribution >= 4 is 22.9 Å². The number of thiophene rings is 1. The number of hydrogen-bond acceptors (Lipinski definition) is 2. The van der Waals surface area contributed by atoms with Crippen LogP contribution in [0.1, 0.15) is 27.0 Å². The summed E-state index contributed by atoms with van der Waals surface area (Å²) in [5, 5.41) is 2.56. The van der Waals surface area contributed by atoms with Crippen LogP contribution >= 0.6 is 11.3 Å². The lowest BCUT2D eigenvalue weighted by atomic mass is 10.2. The number of anilines is 1. The van der Waals surface area contributed by atoms with Gasteiger partial charge >= 0.3 is 0 Å². The van der Waals surface area contributed by atoms with Gasteiger partial charge in [-0.1, -0.05) is 6.92 Å². The van der Waals surface area contributed by atoms with Crippen molar-refractivity contribution in [3.63, 3.8) is 0 Å². The first-order valence-electron chi connectivity index (χ1n) is 5.87. The molecule has 2 nitrogen and oxygen atoms in total. The smallest absolute Gasteiger partial charge is 0.265 e. The Labute approximate surface area is 114 Å². The number of amides is 1. The molecule has 0 saturated heterocycles. The van der Waals surface area contributed by atoms with E-state index in [9.17, 15) is 13.6 Å². The van der Waals surface area contributed by atoms with Crippen molar-refractivity contribution in [1.82, 2.24) is 0 Å². The quantitative estimate of drug-likeness (QED) is 0.899. The molecule has 1 aromatic heterocycles. The summed E-state index contributed by atoms with van der Waals surface area (Å²) in [7, 11) is 0. The normalized spacial score (nSPS) is 10.5. The lowest BCUT2D eigenvalue weighted by molar-refractivity contribution is 0.103. The molecule has 2 rings (SSSR count). The van der Waals surface area contributed by atoms with Gasteiger partial charge in [-0.25, -0.2) is 8.78 Å². The van der Waals surface area contributed by atoms with Crippen LogP contribution in [0.3, 0.4) is 0 Å². The molecule has 1 heterocycles. The summed E-state index contributed by atoms with van der Waals surface area (Å²) in [4.78, 5) is 13.6. The van der Waals surface area contributed by atoms with Crippen LogP contribution in [0.4, 0.5) is 14.5 Å². The first-order valence-corrected chi connectivity index (χ1v) is 6.68. The van der Waals surface area contributed by atoms with Crippen molar-refractivity contribution in [3.8, 4) is 0 Å².